The van der Waals surface area contributed by atoms with Gasteiger partial charge in [-0.1, -0.05) is 62.2 Å². The maximum atomic E-state index is 13.5. The van der Waals surface area contributed by atoms with Crippen LogP contribution in [0.3, 0.4) is 0 Å². The van der Waals surface area contributed by atoms with E-state index in [1.807, 2.05) is 48.5 Å². The van der Waals surface area contributed by atoms with Gasteiger partial charge in [-0.3, -0.25) is 0 Å². The molecule has 0 aliphatic carbocycles. The first-order chi connectivity index (χ1) is 46.3. The predicted molar refractivity (Wildman–Crippen MR) is 365 cm³/mol. The van der Waals surface area contributed by atoms with Crippen LogP contribution in [-0.4, -0.2) is 111 Å². The molecule has 0 saturated heterocycles. The molecule has 0 radical (unpaired) electrons. The summed E-state index contributed by atoms with van der Waals surface area (Å²) in [6.07, 6.45) is 29.8. The molecule has 0 bridgehead atoms. The van der Waals surface area contributed by atoms with E-state index in [0.29, 0.717) is 156 Å². The smallest absolute Gasteiger partial charge is 0.336 e. The minimum absolute atomic E-state index is 0.317. The van der Waals surface area contributed by atoms with E-state index in [4.69, 9.17) is 81.4 Å². The second-order valence-electron chi connectivity index (χ2n) is 20.9. The molecule has 0 atom stereocenters. The minimum atomic E-state index is -0.598. The summed E-state index contributed by atoms with van der Waals surface area (Å²) in [7, 11) is 0. The Balaban J connectivity index is 1.46. The second kappa shape index (κ2) is 53.1. The van der Waals surface area contributed by atoms with E-state index in [1.54, 1.807) is 54.6 Å². The van der Waals surface area contributed by atoms with Gasteiger partial charge in [-0.2, -0.15) is 0 Å². The van der Waals surface area contributed by atoms with E-state index < -0.39 is 11.9 Å². The summed E-state index contributed by atoms with van der Waals surface area (Å²) in [6.45, 7) is 28.2. The number of carbonyl (C=O) groups is 2. The van der Waals surface area contributed by atoms with Crippen LogP contribution in [0.25, 0.3) is 23.3 Å². The van der Waals surface area contributed by atoms with Crippen molar-refractivity contribution in [2.24, 2.45) is 0 Å². The molecule has 0 unspecified atom stereocenters. The van der Waals surface area contributed by atoms with E-state index in [9.17, 15) is 9.59 Å². The van der Waals surface area contributed by atoms with Gasteiger partial charge in [0.2, 0.25) is 11.5 Å². The zero-order chi connectivity index (χ0) is 67.0. The molecule has 0 spiro atoms. The lowest BCUT2D eigenvalue weighted by molar-refractivity contribution is -0.286. The lowest BCUT2D eigenvalue weighted by atomic mass is 10.1. The molecule has 4 aromatic rings. The third-order valence-electron chi connectivity index (χ3n) is 13.5. The standard InChI is InChI=1S/C75H100O19/c1-7-47-87-90-59-28-16-23-54-82-69-44-36-64(72(83-55-24-14-20-51-79-11-5)75(69)86-58-27-18-30-61-92-89-49-9-3)37-45-70(76)93-66-39-31-62(32-40-66)63-33-41-67(42-34-63)94-71(77)46-38-65-35-43-68(81-53-22-13-19-50-78-10-4)74(85-57-25-15-21-52-80-12-6)73(65)84-56-26-17-29-60-91-88-48-8-2/h7-12,31-46H,1-6,13-30,47-61H2. The van der Waals surface area contributed by atoms with Crippen molar-refractivity contribution in [1.29, 1.82) is 0 Å². The van der Waals surface area contributed by atoms with Crippen molar-refractivity contribution >= 4 is 24.1 Å². The van der Waals surface area contributed by atoms with Crippen LogP contribution in [0.4, 0.5) is 0 Å². The molecular weight excluding hydrogens is 1200 g/mol. The molecule has 19 nitrogen and oxygen atoms in total. The summed E-state index contributed by atoms with van der Waals surface area (Å²) in [4.78, 5) is 57.6. The molecule has 0 saturated carbocycles. The predicted octanol–water partition coefficient (Wildman–Crippen LogP) is 16.8. The first-order valence-electron chi connectivity index (χ1n) is 32.7. The van der Waals surface area contributed by atoms with Crippen LogP contribution in [0.5, 0.6) is 46.0 Å². The summed E-state index contributed by atoms with van der Waals surface area (Å²) < 4.78 is 65.9. The Morgan fingerprint density at radius 3 is 0.894 bits per heavy atom. The van der Waals surface area contributed by atoms with E-state index in [0.717, 1.165) is 127 Å². The van der Waals surface area contributed by atoms with Gasteiger partial charge in [-0.15, -0.1) is 19.7 Å². The number of benzene rings is 4. The van der Waals surface area contributed by atoms with Gasteiger partial charge >= 0.3 is 11.9 Å². The van der Waals surface area contributed by atoms with Gasteiger partial charge in [0, 0.05) is 23.3 Å². The lowest BCUT2D eigenvalue weighted by Gasteiger charge is -2.19. The lowest BCUT2D eigenvalue weighted by Crippen LogP contribution is -2.08. The summed E-state index contributed by atoms with van der Waals surface area (Å²) in [6, 6.07) is 21.6. The molecule has 4 rings (SSSR count). The van der Waals surface area contributed by atoms with E-state index in [1.165, 1.54) is 30.9 Å². The molecule has 94 heavy (non-hydrogen) atoms. The quantitative estimate of drug-likeness (QED) is 0.00592. The molecule has 514 valence electrons. The van der Waals surface area contributed by atoms with Crippen molar-refractivity contribution in [3.63, 3.8) is 0 Å². The minimum Gasteiger partial charge on any atom is -0.502 e. The Hall–Kier alpha value is -8.30. The van der Waals surface area contributed by atoms with Gasteiger partial charge in [0.05, 0.1) is 98.1 Å². The average Bonchev–Trinajstić information content (AvgIpc) is 0.878. The van der Waals surface area contributed by atoms with Crippen LogP contribution in [0, 0.1) is 0 Å². The Morgan fingerprint density at radius 1 is 0.298 bits per heavy atom. The van der Waals surface area contributed by atoms with Crippen LogP contribution < -0.4 is 37.9 Å². The molecular formula is C75H100O19. The first kappa shape index (κ1) is 78.1. The van der Waals surface area contributed by atoms with Crippen LogP contribution in [0.2, 0.25) is 0 Å². The first-order valence-corrected chi connectivity index (χ1v) is 32.7. The van der Waals surface area contributed by atoms with E-state index in [2.05, 4.69) is 39.5 Å². The normalized spacial score (nSPS) is 11.0. The van der Waals surface area contributed by atoms with Gasteiger partial charge in [0.1, 0.15) is 31.3 Å². The summed E-state index contributed by atoms with van der Waals surface area (Å²) in [5, 5.41) is 0. The molecule has 0 aliphatic rings. The highest BCUT2D eigenvalue weighted by Gasteiger charge is 2.20. The number of hydrogen-bond donors (Lipinski definition) is 0. The Morgan fingerprint density at radius 2 is 0.585 bits per heavy atom. The molecule has 0 amide bonds. The van der Waals surface area contributed by atoms with E-state index >= 15 is 0 Å². The number of unbranched alkanes of at least 4 members (excludes halogenated alkanes) is 12. The largest absolute Gasteiger partial charge is 0.502 e. The zero-order valence-electron chi connectivity index (χ0n) is 55.0. The Bertz CT molecular complexity index is 2790. The molecule has 0 fully saturated rings. The van der Waals surface area contributed by atoms with Crippen molar-refractivity contribution in [3.8, 4) is 57.1 Å². The fraction of sp³-hybridized carbons (Fsp3) is 0.440. The molecule has 0 heterocycles. The molecule has 0 N–H and O–H groups in total. The van der Waals surface area contributed by atoms with Gasteiger partial charge < -0.3 is 52.1 Å². The summed E-state index contributed by atoms with van der Waals surface area (Å²) in [5.74, 6) is 2.36. The van der Waals surface area contributed by atoms with Crippen molar-refractivity contribution in [3.05, 3.63) is 173 Å². The Kier molecular flexibility index (Phi) is 44.2. The van der Waals surface area contributed by atoms with Crippen molar-refractivity contribution in [1.82, 2.24) is 0 Å². The van der Waals surface area contributed by atoms with Crippen LogP contribution >= 0.6 is 0 Å². The van der Waals surface area contributed by atoms with Crippen LogP contribution in [0.15, 0.2) is 161 Å². The maximum Gasteiger partial charge on any atom is 0.336 e. The summed E-state index contributed by atoms with van der Waals surface area (Å²) >= 11 is 0. The number of ether oxygens (including phenoxy) is 11. The number of esters is 2. The van der Waals surface area contributed by atoms with E-state index in [-0.39, 0.29) is 0 Å². The third-order valence-corrected chi connectivity index (χ3v) is 13.5. The third kappa shape index (κ3) is 35.1. The number of carbonyl (C=O) groups excluding carboxylic acids is 2. The van der Waals surface area contributed by atoms with Crippen molar-refractivity contribution in [2.45, 2.75) is 116 Å². The highest BCUT2D eigenvalue weighted by Crippen LogP contribution is 2.43. The fourth-order valence-electron chi connectivity index (χ4n) is 8.72. The van der Waals surface area contributed by atoms with Gasteiger partial charge in [-0.25, -0.2) is 38.9 Å². The van der Waals surface area contributed by atoms with Gasteiger partial charge in [-0.05, 0) is 187 Å². The molecule has 19 heteroatoms. The maximum absolute atomic E-state index is 13.5. The molecule has 0 aromatic heterocycles. The summed E-state index contributed by atoms with van der Waals surface area (Å²) in [5.41, 5.74) is 2.90. The highest BCUT2D eigenvalue weighted by molar-refractivity contribution is 5.90. The fourth-order valence-corrected chi connectivity index (χ4v) is 8.72. The van der Waals surface area contributed by atoms with Crippen molar-refractivity contribution in [2.75, 3.05) is 99.1 Å². The molecule has 4 aromatic carbocycles. The zero-order valence-corrected chi connectivity index (χ0v) is 55.0. The number of hydrogen-bond acceptors (Lipinski definition) is 19. The second-order valence-corrected chi connectivity index (χ2v) is 20.9. The topological polar surface area (TPSA) is 191 Å². The van der Waals surface area contributed by atoms with Gasteiger partial charge in [0.25, 0.3) is 0 Å². The monoisotopic (exact) mass is 1300 g/mol. The SMILES string of the molecule is C=CCOOCCCCCOc1ccc(C=CC(=O)Oc2ccc(-c3ccc(OC(=O)C=Cc4ccc(OCCCCCOC=C)c(OCCCCCOC=C)c4OCCCCCOOCC=C)cc3)cc2)c(OCCCCCOC=C)c1OCCCCCOOCC=C. The average molecular weight is 1310 g/mol. The Labute approximate surface area is 557 Å². The van der Waals surface area contributed by atoms with Crippen LogP contribution in [-0.2, 0) is 53.1 Å². The van der Waals surface area contributed by atoms with Gasteiger partial charge in [0.15, 0.2) is 23.0 Å². The highest BCUT2D eigenvalue weighted by atomic mass is 17.2. The number of rotatable bonds is 61. The van der Waals surface area contributed by atoms with Crippen molar-refractivity contribution < 1.29 is 91.0 Å². The molecule has 0 aliphatic heterocycles. The van der Waals surface area contributed by atoms with Crippen LogP contribution in [0.1, 0.15) is 127 Å².